The minimum absolute atomic E-state index is 0.233. The fourth-order valence-electron chi connectivity index (χ4n) is 4.13. The van der Waals surface area contributed by atoms with Crippen molar-refractivity contribution in [2.24, 2.45) is 5.73 Å². The first-order valence-electron chi connectivity index (χ1n) is 11.0. The molecular weight excluding hydrogens is 486 g/mol. The summed E-state index contributed by atoms with van der Waals surface area (Å²) in [5.74, 6) is -0.349. The number of methoxy groups -OCH3 is 3. The minimum atomic E-state index is -0.595. The number of primary amides is 1. The number of nitrogens with zero attached hydrogens (tertiary/aromatic N) is 1. The molecule has 4 rings (SSSR count). The van der Waals surface area contributed by atoms with Crippen LogP contribution in [0.25, 0.3) is 0 Å². The van der Waals surface area contributed by atoms with Crippen LogP contribution in [0.5, 0.6) is 23.0 Å². The number of hydrogen-bond acceptors (Lipinski definition) is 9. The Labute approximate surface area is 211 Å². The van der Waals surface area contributed by atoms with Crippen LogP contribution in [-0.2, 0) is 11.2 Å². The third-order valence-electron chi connectivity index (χ3n) is 5.88. The summed E-state index contributed by atoms with van der Waals surface area (Å²) < 4.78 is 21.4. The van der Waals surface area contributed by atoms with Crippen LogP contribution in [0.15, 0.2) is 30.3 Å². The molecule has 36 heavy (non-hydrogen) atoms. The zero-order chi connectivity index (χ0) is 26.0. The van der Waals surface area contributed by atoms with Gasteiger partial charge in [0.15, 0.2) is 16.6 Å². The Balaban J connectivity index is 1.49. The van der Waals surface area contributed by atoms with Crippen LogP contribution in [0.2, 0.25) is 0 Å². The van der Waals surface area contributed by atoms with E-state index in [-0.39, 0.29) is 27.4 Å². The lowest BCUT2D eigenvalue weighted by molar-refractivity contribution is -0.119. The number of carbonyl (C=O) groups excluding carboxylic acids is 3. The minimum Gasteiger partial charge on any atom is -0.493 e. The van der Waals surface area contributed by atoms with Crippen molar-refractivity contribution in [1.82, 2.24) is 4.98 Å². The summed E-state index contributed by atoms with van der Waals surface area (Å²) in [7, 11) is 4.38. The van der Waals surface area contributed by atoms with Crippen molar-refractivity contribution in [1.29, 1.82) is 0 Å². The number of esters is 1. The number of nitrogens with one attached hydrogen (secondary N) is 1. The number of fused-ring (bicyclic) bond motifs is 1. The van der Waals surface area contributed by atoms with E-state index in [1.807, 2.05) is 0 Å². The van der Waals surface area contributed by atoms with Gasteiger partial charge in [0.25, 0.3) is 5.91 Å². The predicted molar refractivity (Wildman–Crippen MR) is 133 cm³/mol. The first kappa shape index (κ1) is 25.0. The number of rotatable bonds is 8. The smallest absolute Gasteiger partial charge is 0.355 e. The third kappa shape index (κ3) is 4.82. The van der Waals surface area contributed by atoms with Gasteiger partial charge in [-0.1, -0.05) is 17.4 Å². The summed E-state index contributed by atoms with van der Waals surface area (Å²) in [6, 6.07) is 8.19. The van der Waals surface area contributed by atoms with Crippen molar-refractivity contribution >= 4 is 34.3 Å². The Hall–Kier alpha value is -4.12. The molecule has 0 fully saturated rings. The van der Waals surface area contributed by atoms with Crippen molar-refractivity contribution in [3.8, 4) is 23.0 Å². The summed E-state index contributed by atoms with van der Waals surface area (Å²) >= 11 is 1.00. The Morgan fingerprint density at radius 2 is 1.75 bits per heavy atom. The summed E-state index contributed by atoms with van der Waals surface area (Å²) in [5.41, 5.74) is 7.94. The van der Waals surface area contributed by atoms with Gasteiger partial charge in [-0.05, 0) is 55.2 Å². The van der Waals surface area contributed by atoms with E-state index in [1.165, 1.54) is 33.5 Å². The van der Waals surface area contributed by atoms with Crippen molar-refractivity contribution < 1.29 is 33.3 Å². The van der Waals surface area contributed by atoms with Crippen LogP contribution >= 0.6 is 11.3 Å². The number of ether oxygens (including phenoxy) is 4. The summed E-state index contributed by atoms with van der Waals surface area (Å²) in [4.78, 5) is 41.8. The van der Waals surface area contributed by atoms with E-state index >= 15 is 0 Å². The van der Waals surface area contributed by atoms with E-state index in [9.17, 15) is 14.4 Å². The molecule has 0 radical (unpaired) electrons. The summed E-state index contributed by atoms with van der Waals surface area (Å²) in [6.07, 6.45) is 1.33. The van der Waals surface area contributed by atoms with Crippen LogP contribution in [0, 0.1) is 6.92 Å². The van der Waals surface area contributed by atoms with Gasteiger partial charge >= 0.3 is 5.97 Å². The molecular formula is C25H25N3O7S. The number of hydrogen-bond donors (Lipinski definition) is 2. The van der Waals surface area contributed by atoms with Gasteiger partial charge in [0, 0.05) is 5.56 Å². The number of nitrogens with two attached hydrogens (primary N) is 1. The molecule has 1 unspecified atom stereocenters. The maximum atomic E-state index is 12.9. The molecule has 1 atom stereocenters. The highest BCUT2D eigenvalue weighted by Crippen LogP contribution is 2.39. The molecule has 188 valence electrons. The highest BCUT2D eigenvalue weighted by atomic mass is 32.1. The molecule has 1 heterocycles. The SMILES string of the molecule is COc1cc(C(=O)Nc2nc(C)c(C(=O)Oc3ccc4c(c3)CCC4C(N)=O)s2)cc(OC)c1OC. The fourth-order valence-corrected chi connectivity index (χ4v) is 4.97. The number of carbonyl (C=O) groups is 3. The maximum Gasteiger partial charge on any atom is 0.355 e. The van der Waals surface area contributed by atoms with Crippen LogP contribution in [-0.4, -0.2) is 44.1 Å². The van der Waals surface area contributed by atoms with Crippen molar-refractivity contribution in [2.75, 3.05) is 26.6 Å². The first-order chi connectivity index (χ1) is 17.2. The monoisotopic (exact) mass is 511 g/mol. The Kier molecular flexibility index (Phi) is 7.11. The number of thiazole rings is 1. The quantitative estimate of drug-likeness (QED) is 0.346. The molecule has 11 heteroatoms. The van der Waals surface area contributed by atoms with Gasteiger partial charge in [-0.15, -0.1) is 0 Å². The van der Waals surface area contributed by atoms with E-state index < -0.39 is 11.9 Å². The average molecular weight is 512 g/mol. The van der Waals surface area contributed by atoms with Gasteiger partial charge in [-0.25, -0.2) is 9.78 Å². The van der Waals surface area contributed by atoms with Crippen LogP contribution in [0.4, 0.5) is 5.13 Å². The van der Waals surface area contributed by atoms with Gasteiger partial charge in [-0.2, -0.15) is 0 Å². The Morgan fingerprint density at radius 1 is 1.06 bits per heavy atom. The van der Waals surface area contributed by atoms with Gasteiger partial charge in [-0.3, -0.25) is 14.9 Å². The lowest BCUT2D eigenvalue weighted by Gasteiger charge is -2.13. The molecule has 1 aliphatic rings. The third-order valence-corrected chi connectivity index (χ3v) is 6.93. The predicted octanol–water partition coefficient (Wildman–Crippen LogP) is 3.46. The molecule has 1 aromatic heterocycles. The molecule has 0 bridgehead atoms. The molecule has 2 amide bonds. The van der Waals surface area contributed by atoms with Crippen molar-refractivity contribution in [3.05, 3.63) is 57.6 Å². The van der Waals surface area contributed by atoms with Gasteiger partial charge in [0.05, 0.1) is 32.9 Å². The van der Waals surface area contributed by atoms with Crippen LogP contribution < -0.4 is 30.0 Å². The largest absolute Gasteiger partial charge is 0.493 e. The number of benzene rings is 2. The first-order valence-corrected chi connectivity index (χ1v) is 11.8. The van der Waals surface area contributed by atoms with Gasteiger partial charge in [0.1, 0.15) is 10.6 Å². The zero-order valence-corrected chi connectivity index (χ0v) is 21.0. The maximum absolute atomic E-state index is 12.9. The normalized spacial score (nSPS) is 14.1. The highest BCUT2D eigenvalue weighted by molar-refractivity contribution is 7.17. The van der Waals surface area contributed by atoms with E-state index in [2.05, 4.69) is 10.3 Å². The average Bonchev–Trinajstić information content (AvgIpc) is 3.45. The lowest BCUT2D eigenvalue weighted by Crippen LogP contribution is -2.19. The summed E-state index contributed by atoms with van der Waals surface area (Å²) in [6.45, 7) is 1.66. The molecule has 1 aliphatic carbocycles. The zero-order valence-electron chi connectivity index (χ0n) is 20.2. The standard InChI is InChI=1S/C25H25N3O7S/c1-12-21(24(31)35-15-6-8-16-13(9-15)5-7-17(16)22(26)29)36-25(27-12)28-23(30)14-10-18(32-2)20(34-4)19(11-14)33-3/h6,8-11,17H,5,7H2,1-4H3,(H2,26,29)(H,27,28,30). The molecule has 0 saturated carbocycles. The van der Waals surface area contributed by atoms with E-state index in [0.717, 1.165) is 22.5 Å². The molecule has 10 nitrogen and oxygen atoms in total. The lowest BCUT2D eigenvalue weighted by atomic mass is 10.0. The van der Waals surface area contributed by atoms with Crippen LogP contribution in [0.1, 0.15) is 49.2 Å². The second kappa shape index (κ2) is 10.2. The van der Waals surface area contributed by atoms with E-state index in [0.29, 0.717) is 41.5 Å². The number of anilines is 1. The van der Waals surface area contributed by atoms with Gasteiger partial charge < -0.3 is 24.7 Å². The number of amides is 2. The molecule has 0 saturated heterocycles. The molecule has 0 aliphatic heterocycles. The second-order valence-electron chi connectivity index (χ2n) is 8.05. The summed E-state index contributed by atoms with van der Waals surface area (Å²) in [5, 5.41) is 2.93. The molecule has 0 spiro atoms. The van der Waals surface area contributed by atoms with Crippen molar-refractivity contribution in [2.45, 2.75) is 25.7 Å². The second-order valence-corrected chi connectivity index (χ2v) is 9.04. The number of aromatic nitrogens is 1. The van der Waals surface area contributed by atoms with E-state index in [1.54, 1.807) is 25.1 Å². The fraction of sp³-hybridized carbons (Fsp3) is 0.280. The Bertz CT molecular complexity index is 1330. The number of aryl methyl sites for hydroxylation is 2. The highest BCUT2D eigenvalue weighted by Gasteiger charge is 2.28. The Morgan fingerprint density at radius 3 is 2.36 bits per heavy atom. The molecule has 2 aromatic carbocycles. The van der Waals surface area contributed by atoms with E-state index in [4.69, 9.17) is 24.7 Å². The topological polar surface area (TPSA) is 139 Å². The molecule has 3 aromatic rings. The van der Waals surface area contributed by atoms with Crippen molar-refractivity contribution in [3.63, 3.8) is 0 Å². The van der Waals surface area contributed by atoms with Crippen LogP contribution in [0.3, 0.4) is 0 Å². The molecule has 3 N–H and O–H groups in total. The van der Waals surface area contributed by atoms with Gasteiger partial charge in [0.2, 0.25) is 11.7 Å².